The molecule has 0 aliphatic heterocycles. The number of hydrogen-bond acceptors (Lipinski definition) is 3. The van der Waals surface area contributed by atoms with Gasteiger partial charge in [-0.05, 0) is 31.0 Å². The van der Waals surface area contributed by atoms with Crippen LogP contribution in [0.1, 0.15) is 18.1 Å². The van der Waals surface area contributed by atoms with Crippen molar-refractivity contribution in [1.29, 1.82) is 0 Å². The number of rotatable bonds is 3. The van der Waals surface area contributed by atoms with Gasteiger partial charge in [-0.15, -0.1) is 0 Å². The second kappa shape index (κ2) is 4.95. The Labute approximate surface area is 102 Å². The summed E-state index contributed by atoms with van der Waals surface area (Å²) < 4.78 is 5.33. The van der Waals surface area contributed by atoms with Gasteiger partial charge in [0.25, 0.3) is 0 Å². The quantitative estimate of drug-likeness (QED) is 0.810. The first kappa shape index (κ1) is 11.6. The Morgan fingerprint density at radius 3 is 2.47 bits per heavy atom. The normalized spacial score (nSPS) is 10.3. The second-order valence-corrected chi connectivity index (χ2v) is 3.97. The number of methoxy groups -OCH3 is 1. The van der Waals surface area contributed by atoms with Crippen LogP contribution in [0.25, 0.3) is 11.4 Å². The van der Waals surface area contributed by atoms with E-state index in [4.69, 9.17) is 4.74 Å². The molecule has 2 aromatic rings. The van der Waals surface area contributed by atoms with E-state index in [2.05, 4.69) is 16.9 Å². The van der Waals surface area contributed by atoms with E-state index in [-0.39, 0.29) is 0 Å². The van der Waals surface area contributed by atoms with E-state index < -0.39 is 0 Å². The van der Waals surface area contributed by atoms with Gasteiger partial charge in [0.1, 0.15) is 5.75 Å². The topological polar surface area (TPSA) is 35.0 Å². The van der Waals surface area contributed by atoms with Crippen LogP contribution in [0, 0.1) is 6.92 Å². The molecule has 3 heteroatoms. The third-order valence-corrected chi connectivity index (χ3v) is 2.71. The molecule has 1 heterocycles. The average molecular weight is 228 g/mol. The molecule has 0 aliphatic rings. The van der Waals surface area contributed by atoms with E-state index in [0.717, 1.165) is 23.3 Å². The van der Waals surface area contributed by atoms with E-state index in [1.165, 1.54) is 5.56 Å². The molecular formula is C14H16N2O. The molecule has 0 radical (unpaired) electrons. The molecule has 0 N–H and O–H groups in total. The zero-order valence-corrected chi connectivity index (χ0v) is 10.4. The van der Waals surface area contributed by atoms with Crippen molar-refractivity contribution in [3.05, 3.63) is 41.7 Å². The molecule has 88 valence electrons. The van der Waals surface area contributed by atoms with Crippen molar-refractivity contribution in [2.24, 2.45) is 0 Å². The van der Waals surface area contributed by atoms with Gasteiger partial charge in [-0.3, -0.25) is 0 Å². The molecule has 0 spiro atoms. The van der Waals surface area contributed by atoms with Crippen LogP contribution in [-0.4, -0.2) is 17.1 Å². The first-order valence-corrected chi connectivity index (χ1v) is 5.70. The van der Waals surface area contributed by atoms with Gasteiger partial charge in [0.2, 0.25) is 0 Å². The summed E-state index contributed by atoms with van der Waals surface area (Å²) in [4.78, 5) is 8.76. The Hall–Kier alpha value is -1.90. The standard InChI is InChI=1S/C14H16N2O/c1-4-11-8-15-14(16-9-11)12-7-10(2)5-6-13(12)17-3/h5-9H,4H2,1-3H3. The van der Waals surface area contributed by atoms with Crippen LogP contribution in [-0.2, 0) is 6.42 Å². The summed E-state index contributed by atoms with van der Waals surface area (Å²) in [6.45, 7) is 4.13. The van der Waals surface area contributed by atoms with E-state index in [0.29, 0.717) is 5.82 Å². The van der Waals surface area contributed by atoms with Crippen LogP contribution in [0.5, 0.6) is 5.75 Å². The van der Waals surface area contributed by atoms with Gasteiger partial charge in [-0.2, -0.15) is 0 Å². The Morgan fingerprint density at radius 2 is 1.88 bits per heavy atom. The molecule has 0 bridgehead atoms. The predicted octanol–water partition coefficient (Wildman–Crippen LogP) is 3.02. The van der Waals surface area contributed by atoms with Crippen LogP contribution < -0.4 is 4.74 Å². The van der Waals surface area contributed by atoms with Gasteiger partial charge in [-0.1, -0.05) is 18.6 Å². The van der Waals surface area contributed by atoms with Crippen LogP contribution in [0.3, 0.4) is 0 Å². The molecule has 1 aromatic heterocycles. The Balaban J connectivity index is 2.47. The first-order valence-electron chi connectivity index (χ1n) is 5.70. The lowest BCUT2D eigenvalue weighted by atomic mass is 10.1. The van der Waals surface area contributed by atoms with Crippen molar-refractivity contribution in [3.63, 3.8) is 0 Å². The van der Waals surface area contributed by atoms with Crippen molar-refractivity contribution < 1.29 is 4.74 Å². The van der Waals surface area contributed by atoms with Gasteiger partial charge in [0, 0.05) is 12.4 Å². The fourth-order valence-electron chi connectivity index (χ4n) is 1.67. The zero-order valence-electron chi connectivity index (χ0n) is 10.4. The minimum atomic E-state index is 0.711. The number of nitrogens with zero attached hydrogens (tertiary/aromatic N) is 2. The molecule has 0 fully saturated rings. The fraction of sp³-hybridized carbons (Fsp3) is 0.286. The lowest BCUT2D eigenvalue weighted by molar-refractivity contribution is 0.416. The summed E-state index contributed by atoms with van der Waals surface area (Å²) in [5.74, 6) is 1.52. The lowest BCUT2D eigenvalue weighted by Gasteiger charge is -2.08. The minimum absolute atomic E-state index is 0.711. The Bertz CT molecular complexity index is 506. The summed E-state index contributed by atoms with van der Waals surface area (Å²) in [5, 5.41) is 0. The summed E-state index contributed by atoms with van der Waals surface area (Å²) in [6.07, 6.45) is 4.68. The van der Waals surface area contributed by atoms with E-state index >= 15 is 0 Å². The summed E-state index contributed by atoms with van der Waals surface area (Å²) in [7, 11) is 1.66. The third-order valence-electron chi connectivity index (χ3n) is 2.71. The molecule has 0 saturated carbocycles. The van der Waals surface area contributed by atoms with E-state index in [9.17, 15) is 0 Å². The molecule has 17 heavy (non-hydrogen) atoms. The average Bonchev–Trinajstić information content (AvgIpc) is 2.39. The maximum absolute atomic E-state index is 5.33. The summed E-state index contributed by atoms with van der Waals surface area (Å²) in [6, 6.07) is 6.00. The predicted molar refractivity (Wildman–Crippen MR) is 68.1 cm³/mol. The zero-order chi connectivity index (χ0) is 12.3. The second-order valence-electron chi connectivity index (χ2n) is 3.97. The number of benzene rings is 1. The van der Waals surface area contributed by atoms with E-state index in [1.807, 2.05) is 37.5 Å². The van der Waals surface area contributed by atoms with Crippen molar-refractivity contribution in [2.45, 2.75) is 20.3 Å². The lowest BCUT2D eigenvalue weighted by Crippen LogP contribution is -1.95. The molecule has 0 amide bonds. The van der Waals surface area contributed by atoms with Crippen molar-refractivity contribution in [2.75, 3.05) is 7.11 Å². The highest BCUT2D eigenvalue weighted by atomic mass is 16.5. The number of aryl methyl sites for hydroxylation is 2. The van der Waals surface area contributed by atoms with Gasteiger partial charge < -0.3 is 4.74 Å². The highest BCUT2D eigenvalue weighted by Gasteiger charge is 2.08. The largest absolute Gasteiger partial charge is 0.496 e. The van der Waals surface area contributed by atoms with Gasteiger partial charge in [-0.25, -0.2) is 9.97 Å². The maximum atomic E-state index is 5.33. The van der Waals surface area contributed by atoms with Gasteiger partial charge >= 0.3 is 0 Å². The van der Waals surface area contributed by atoms with Gasteiger partial charge in [0.05, 0.1) is 12.7 Å². The van der Waals surface area contributed by atoms with Crippen molar-refractivity contribution in [3.8, 4) is 17.1 Å². The molecule has 3 nitrogen and oxygen atoms in total. The van der Waals surface area contributed by atoms with Crippen molar-refractivity contribution >= 4 is 0 Å². The summed E-state index contributed by atoms with van der Waals surface area (Å²) >= 11 is 0. The molecule has 0 aliphatic carbocycles. The molecule has 0 atom stereocenters. The summed E-state index contributed by atoms with van der Waals surface area (Å²) in [5.41, 5.74) is 3.25. The molecule has 1 aromatic carbocycles. The fourth-order valence-corrected chi connectivity index (χ4v) is 1.67. The first-order chi connectivity index (χ1) is 8.24. The molecular weight excluding hydrogens is 212 g/mol. The SMILES string of the molecule is CCc1cnc(-c2cc(C)ccc2OC)nc1. The Kier molecular flexibility index (Phi) is 3.38. The number of aromatic nitrogens is 2. The maximum Gasteiger partial charge on any atom is 0.162 e. The minimum Gasteiger partial charge on any atom is -0.496 e. The Morgan fingerprint density at radius 1 is 1.18 bits per heavy atom. The van der Waals surface area contributed by atoms with Gasteiger partial charge in [0.15, 0.2) is 5.82 Å². The highest BCUT2D eigenvalue weighted by molar-refractivity contribution is 5.64. The third kappa shape index (κ3) is 2.44. The smallest absolute Gasteiger partial charge is 0.162 e. The van der Waals surface area contributed by atoms with Crippen LogP contribution in [0.15, 0.2) is 30.6 Å². The molecule has 0 saturated heterocycles. The molecule has 0 unspecified atom stereocenters. The van der Waals surface area contributed by atoms with E-state index in [1.54, 1.807) is 7.11 Å². The van der Waals surface area contributed by atoms with Crippen LogP contribution in [0.4, 0.5) is 0 Å². The number of ether oxygens (including phenoxy) is 1. The van der Waals surface area contributed by atoms with Crippen molar-refractivity contribution in [1.82, 2.24) is 9.97 Å². The molecule has 2 rings (SSSR count). The number of hydrogen-bond donors (Lipinski definition) is 0. The highest BCUT2D eigenvalue weighted by Crippen LogP contribution is 2.27. The van der Waals surface area contributed by atoms with Crippen LogP contribution >= 0.6 is 0 Å². The monoisotopic (exact) mass is 228 g/mol. The van der Waals surface area contributed by atoms with Crippen LogP contribution in [0.2, 0.25) is 0 Å².